The average molecular weight is 419 g/mol. The summed E-state index contributed by atoms with van der Waals surface area (Å²) in [4.78, 5) is 24.0. The molecule has 0 spiro atoms. The zero-order chi connectivity index (χ0) is 20.2. The molecule has 0 heterocycles. The van der Waals surface area contributed by atoms with Crippen LogP contribution in [0.25, 0.3) is 0 Å². The van der Waals surface area contributed by atoms with Crippen LogP contribution < -0.4 is 0 Å². The molecule has 27 heavy (non-hydrogen) atoms. The summed E-state index contributed by atoms with van der Waals surface area (Å²) >= 11 is 0. The van der Waals surface area contributed by atoms with Gasteiger partial charge >= 0.3 is 41.5 Å². The summed E-state index contributed by atoms with van der Waals surface area (Å²) in [5, 5.41) is -1.94. The number of carbonyl (C=O) groups is 2. The molecule has 0 aliphatic heterocycles. The molecule has 0 rings (SSSR count). The van der Waals surface area contributed by atoms with Crippen LogP contribution in [-0.2, 0) is 29.2 Å². The minimum atomic E-state index is -4.76. The van der Waals surface area contributed by atoms with Gasteiger partial charge in [0.2, 0.25) is 0 Å². The van der Waals surface area contributed by atoms with Gasteiger partial charge in [0.25, 0.3) is 10.1 Å². The van der Waals surface area contributed by atoms with Gasteiger partial charge in [-0.15, -0.1) is 0 Å². The van der Waals surface area contributed by atoms with E-state index in [1.165, 1.54) is 0 Å². The van der Waals surface area contributed by atoms with Crippen molar-refractivity contribution in [2.75, 3.05) is 13.2 Å². The molecule has 0 radical (unpaired) electrons. The monoisotopic (exact) mass is 418 g/mol. The molecule has 0 fully saturated rings. The molecule has 0 aromatic rings. The number of rotatable bonds is 14. The molecule has 0 aromatic heterocycles. The Balaban J connectivity index is 0. The van der Waals surface area contributed by atoms with E-state index in [-0.39, 0.29) is 54.6 Å². The van der Waals surface area contributed by atoms with Crippen LogP contribution in [0.15, 0.2) is 0 Å². The van der Waals surface area contributed by atoms with E-state index in [1.807, 2.05) is 27.7 Å². The second-order valence-electron chi connectivity index (χ2n) is 6.65. The Morgan fingerprint density at radius 3 is 1.70 bits per heavy atom. The Morgan fingerprint density at radius 2 is 1.33 bits per heavy atom. The number of hydrogen-bond donors (Lipinski definition) is 1. The fraction of sp³-hybridized carbons (Fsp3) is 0.889. The van der Waals surface area contributed by atoms with Crippen molar-refractivity contribution in [2.45, 2.75) is 77.9 Å². The molecule has 0 saturated carbocycles. The van der Waals surface area contributed by atoms with Gasteiger partial charge in [-0.2, -0.15) is 8.42 Å². The topological polar surface area (TPSA) is 107 Å². The molecule has 0 aliphatic rings. The third-order valence-corrected chi connectivity index (χ3v) is 5.54. The first-order chi connectivity index (χ1) is 12.2. The second-order valence-corrected chi connectivity index (χ2v) is 8.25. The average Bonchev–Trinajstić information content (AvgIpc) is 2.58. The van der Waals surface area contributed by atoms with E-state index >= 15 is 0 Å². The van der Waals surface area contributed by atoms with E-state index in [0.29, 0.717) is 0 Å². The fourth-order valence-electron chi connectivity index (χ4n) is 2.65. The maximum atomic E-state index is 12.1. The van der Waals surface area contributed by atoms with Crippen molar-refractivity contribution in [2.24, 2.45) is 11.8 Å². The van der Waals surface area contributed by atoms with Crippen LogP contribution in [-0.4, -0.2) is 72.9 Å². The summed E-state index contributed by atoms with van der Waals surface area (Å²) in [5.41, 5.74) is 0. The summed E-state index contributed by atoms with van der Waals surface area (Å²) in [6.07, 6.45) is 4.48. The summed E-state index contributed by atoms with van der Waals surface area (Å²) in [6.45, 7) is 8.20. The number of esters is 2. The van der Waals surface area contributed by atoms with Crippen LogP contribution in [0.5, 0.6) is 0 Å². The van der Waals surface area contributed by atoms with Gasteiger partial charge in [0.1, 0.15) is 0 Å². The molecule has 0 aliphatic carbocycles. The van der Waals surface area contributed by atoms with Gasteiger partial charge in [-0.1, -0.05) is 53.4 Å². The summed E-state index contributed by atoms with van der Waals surface area (Å²) in [7, 11) is -4.76. The molecule has 9 heteroatoms. The Hall–Kier alpha value is -0.150. The predicted octanol–water partition coefficient (Wildman–Crippen LogP) is 2.72. The van der Waals surface area contributed by atoms with Gasteiger partial charge in [-0.05, 0) is 24.7 Å². The van der Waals surface area contributed by atoms with Crippen LogP contribution in [0.1, 0.15) is 72.6 Å². The van der Waals surface area contributed by atoms with Crippen LogP contribution >= 0.6 is 0 Å². The van der Waals surface area contributed by atoms with Crippen molar-refractivity contribution in [1.29, 1.82) is 0 Å². The Kier molecular flexibility index (Phi) is 16.9. The number of hydrogen-bond acceptors (Lipinski definition) is 6. The third-order valence-electron chi connectivity index (χ3n) is 4.46. The van der Waals surface area contributed by atoms with Crippen LogP contribution in [0, 0.1) is 11.8 Å². The quantitative estimate of drug-likeness (QED) is 0.262. The van der Waals surface area contributed by atoms with Crippen molar-refractivity contribution in [3.8, 4) is 0 Å². The van der Waals surface area contributed by atoms with Crippen molar-refractivity contribution < 1.29 is 32.0 Å². The van der Waals surface area contributed by atoms with Gasteiger partial charge in [0.05, 0.1) is 19.6 Å². The second kappa shape index (κ2) is 15.7. The van der Waals surface area contributed by atoms with Gasteiger partial charge in [-0.3, -0.25) is 14.1 Å². The summed E-state index contributed by atoms with van der Waals surface area (Å²) < 4.78 is 42.4. The van der Waals surface area contributed by atoms with Gasteiger partial charge in [0.15, 0.2) is 5.25 Å². The van der Waals surface area contributed by atoms with Crippen molar-refractivity contribution in [3.05, 3.63) is 0 Å². The van der Waals surface area contributed by atoms with Gasteiger partial charge < -0.3 is 9.47 Å². The zero-order valence-corrected chi connectivity index (χ0v) is 17.2. The van der Waals surface area contributed by atoms with Crippen LogP contribution in [0.2, 0.25) is 0 Å². The summed E-state index contributed by atoms with van der Waals surface area (Å²) in [5.74, 6) is -1.63. The first-order valence-corrected chi connectivity index (χ1v) is 11.0. The van der Waals surface area contributed by atoms with Crippen molar-refractivity contribution in [1.82, 2.24) is 0 Å². The van der Waals surface area contributed by atoms with E-state index in [4.69, 9.17) is 9.47 Å². The molecule has 0 bridgehead atoms. The molecule has 0 saturated heterocycles. The Bertz CT molecular complexity index is 522. The van der Waals surface area contributed by atoms with Crippen LogP contribution in [0.3, 0.4) is 0 Å². The molecular weight excluding hydrogens is 383 g/mol. The molecule has 0 amide bonds. The normalized spacial score (nSPS) is 14.6. The van der Waals surface area contributed by atoms with E-state index in [2.05, 4.69) is 0 Å². The van der Waals surface area contributed by atoms with Crippen molar-refractivity contribution >= 4 is 51.6 Å². The Morgan fingerprint density at radius 1 is 0.889 bits per heavy atom. The molecule has 0 aromatic carbocycles. The van der Waals surface area contributed by atoms with E-state index < -0.39 is 33.7 Å². The molecular formula is C18H35NaO7S. The molecule has 3 atom stereocenters. The first kappa shape index (κ1) is 29.1. The van der Waals surface area contributed by atoms with Crippen LogP contribution in [0.4, 0.5) is 0 Å². The number of carbonyl (C=O) groups excluding carboxylic acids is 2. The summed E-state index contributed by atoms with van der Waals surface area (Å²) in [6, 6.07) is 0. The molecule has 7 nitrogen and oxygen atoms in total. The van der Waals surface area contributed by atoms with E-state index in [9.17, 15) is 22.6 Å². The van der Waals surface area contributed by atoms with Gasteiger partial charge in [-0.25, -0.2) is 0 Å². The zero-order valence-electron chi connectivity index (χ0n) is 16.4. The molecule has 156 valence electrons. The molecule has 3 unspecified atom stereocenters. The molecule has 1 N–H and O–H groups in total. The predicted molar refractivity (Wildman–Crippen MR) is 106 cm³/mol. The van der Waals surface area contributed by atoms with E-state index in [1.54, 1.807) is 0 Å². The Labute approximate surface area is 186 Å². The first-order valence-electron chi connectivity index (χ1n) is 9.47. The standard InChI is InChI=1S/C18H34O7S.Na.H/c1-5-9-14(7-3)12-24-17(19)11-16(26(21,22)23)18(20)25-13-15(8-4)10-6-2;;/h14-16H,5-13H2,1-4H3,(H,21,22,23);;. The van der Waals surface area contributed by atoms with Gasteiger partial charge in [0, 0.05) is 0 Å². The SMILES string of the molecule is CCCC(CC)COC(=O)CC(C(=O)OCC(CC)CCC)S(=O)(=O)O.[NaH]. The maximum absolute atomic E-state index is 12.1. The van der Waals surface area contributed by atoms with E-state index in [0.717, 1.165) is 38.5 Å². The number of ether oxygens (including phenoxy) is 2. The van der Waals surface area contributed by atoms with Crippen molar-refractivity contribution in [3.63, 3.8) is 0 Å². The minimum absolute atomic E-state index is 0. The fourth-order valence-corrected chi connectivity index (χ4v) is 3.31. The third kappa shape index (κ3) is 12.8.